The second-order valence-electron chi connectivity index (χ2n) is 4.98. The van der Waals surface area contributed by atoms with Crippen LogP contribution in [0, 0.1) is 5.41 Å². The maximum absolute atomic E-state index is 12.1. The Morgan fingerprint density at radius 1 is 1.56 bits per heavy atom. The number of thiazole rings is 1. The predicted molar refractivity (Wildman–Crippen MR) is 78.9 cm³/mol. The number of hydrogen-bond acceptors (Lipinski definition) is 4. The molecule has 18 heavy (non-hydrogen) atoms. The minimum atomic E-state index is -0.00999. The normalized spacial score (nSPS) is 21.7. The van der Waals surface area contributed by atoms with Crippen molar-refractivity contribution in [2.24, 2.45) is 11.1 Å². The maximum atomic E-state index is 12.1. The molecule has 0 spiro atoms. The first kappa shape index (κ1) is 17.6. The molecule has 4 nitrogen and oxygen atoms in total. The quantitative estimate of drug-likeness (QED) is 0.865. The van der Waals surface area contributed by atoms with E-state index < -0.39 is 0 Å². The Kier molecular flexibility index (Phi) is 6.57. The van der Waals surface area contributed by atoms with Crippen molar-refractivity contribution < 1.29 is 4.79 Å². The lowest BCUT2D eigenvalue weighted by Gasteiger charge is -2.42. The molecule has 7 heteroatoms. The van der Waals surface area contributed by atoms with Crippen molar-refractivity contribution in [3.8, 4) is 0 Å². The van der Waals surface area contributed by atoms with E-state index in [-0.39, 0.29) is 42.2 Å². The SMILES string of the molecule is CC1(C)CN(C(=O)c2cscn2)CCC1N.Cl.Cl. The molecule has 1 fully saturated rings. The number of nitrogens with two attached hydrogens (primary N) is 1. The molecule has 1 atom stereocenters. The van der Waals surface area contributed by atoms with Gasteiger partial charge in [-0.25, -0.2) is 4.98 Å². The molecule has 2 rings (SSSR count). The molecule has 1 aromatic rings. The van der Waals surface area contributed by atoms with E-state index in [0.29, 0.717) is 12.2 Å². The molecule has 2 heterocycles. The fourth-order valence-corrected chi connectivity index (χ4v) is 2.55. The zero-order valence-electron chi connectivity index (χ0n) is 10.5. The number of hydrogen-bond donors (Lipinski definition) is 1. The van der Waals surface area contributed by atoms with Crippen LogP contribution in [-0.2, 0) is 0 Å². The van der Waals surface area contributed by atoms with Crippen molar-refractivity contribution in [3.63, 3.8) is 0 Å². The Balaban J connectivity index is 0.00000144. The lowest BCUT2D eigenvalue weighted by atomic mass is 9.79. The molecule has 1 saturated heterocycles. The summed E-state index contributed by atoms with van der Waals surface area (Å²) in [5.41, 5.74) is 8.27. The molecule has 1 aliphatic heterocycles. The Morgan fingerprint density at radius 3 is 2.72 bits per heavy atom. The van der Waals surface area contributed by atoms with Crippen LogP contribution in [0.25, 0.3) is 0 Å². The van der Waals surface area contributed by atoms with Gasteiger partial charge in [0, 0.05) is 24.5 Å². The van der Waals surface area contributed by atoms with Gasteiger partial charge in [-0.1, -0.05) is 13.8 Å². The van der Waals surface area contributed by atoms with Gasteiger partial charge in [-0.15, -0.1) is 36.2 Å². The standard InChI is InChI=1S/C11H17N3OS.2ClH/c1-11(2)6-14(4-3-9(11)12)10(15)8-5-16-7-13-8;;/h5,7,9H,3-4,6,12H2,1-2H3;2*1H. The Labute approximate surface area is 124 Å². The van der Waals surface area contributed by atoms with E-state index in [1.54, 1.807) is 10.9 Å². The van der Waals surface area contributed by atoms with Crippen LogP contribution in [0.1, 0.15) is 30.8 Å². The van der Waals surface area contributed by atoms with E-state index >= 15 is 0 Å². The van der Waals surface area contributed by atoms with Crippen molar-refractivity contribution in [1.29, 1.82) is 0 Å². The molecule has 0 saturated carbocycles. The van der Waals surface area contributed by atoms with Crippen molar-refractivity contribution >= 4 is 42.1 Å². The van der Waals surface area contributed by atoms with Gasteiger partial charge in [0.15, 0.2) is 0 Å². The fraction of sp³-hybridized carbons (Fsp3) is 0.636. The summed E-state index contributed by atoms with van der Waals surface area (Å²) >= 11 is 1.45. The van der Waals surface area contributed by atoms with Crippen LogP contribution in [0.2, 0.25) is 0 Å². The summed E-state index contributed by atoms with van der Waals surface area (Å²) in [5, 5.41) is 1.80. The average molecular weight is 312 g/mol. The summed E-state index contributed by atoms with van der Waals surface area (Å²) in [4.78, 5) is 18.0. The maximum Gasteiger partial charge on any atom is 0.273 e. The van der Waals surface area contributed by atoms with Crippen LogP contribution < -0.4 is 5.73 Å². The van der Waals surface area contributed by atoms with Crippen LogP contribution in [-0.4, -0.2) is 34.9 Å². The summed E-state index contributed by atoms with van der Waals surface area (Å²) in [6.45, 7) is 5.67. The Hall–Kier alpha value is -0.360. The second-order valence-corrected chi connectivity index (χ2v) is 5.70. The molecule has 0 bridgehead atoms. The molecule has 104 valence electrons. The van der Waals surface area contributed by atoms with Gasteiger partial charge in [-0.3, -0.25) is 4.79 Å². The third-order valence-electron chi connectivity index (χ3n) is 3.25. The van der Waals surface area contributed by atoms with Gasteiger partial charge >= 0.3 is 0 Å². The molecule has 1 aliphatic rings. The van der Waals surface area contributed by atoms with E-state index in [2.05, 4.69) is 18.8 Å². The average Bonchev–Trinajstić information content (AvgIpc) is 2.74. The van der Waals surface area contributed by atoms with Crippen LogP contribution >= 0.6 is 36.2 Å². The van der Waals surface area contributed by atoms with Crippen molar-refractivity contribution in [1.82, 2.24) is 9.88 Å². The van der Waals surface area contributed by atoms with Gasteiger partial charge < -0.3 is 10.6 Å². The number of nitrogens with zero attached hydrogens (tertiary/aromatic N) is 2. The fourth-order valence-electron chi connectivity index (χ4n) is 2.03. The minimum Gasteiger partial charge on any atom is -0.337 e. The highest BCUT2D eigenvalue weighted by molar-refractivity contribution is 7.07. The summed E-state index contributed by atoms with van der Waals surface area (Å²) < 4.78 is 0. The molecule has 0 aliphatic carbocycles. The molecule has 0 radical (unpaired) electrons. The molecule has 1 amide bonds. The topological polar surface area (TPSA) is 59.2 Å². The number of halogens is 2. The lowest BCUT2D eigenvalue weighted by Crippen LogP contribution is -2.54. The van der Waals surface area contributed by atoms with Crippen LogP contribution in [0.15, 0.2) is 10.9 Å². The van der Waals surface area contributed by atoms with Crippen LogP contribution in [0.5, 0.6) is 0 Å². The van der Waals surface area contributed by atoms with Crippen molar-refractivity contribution in [2.75, 3.05) is 13.1 Å². The molecule has 1 unspecified atom stereocenters. The van der Waals surface area contributed by atoms with E-state index in [1.165, 1.54) is 11.3 Å². The molecule has 1 aromatic heterocycles. The van der Waals surface area contributed by atoms with Crippen LogP contribution in [0.4, 0.5) is 0 Å². The predicted octanol–water partition coefficient (Wildman–Crippen LogP) is 2.19. The van der Waals surface area contributed by atoms with Gasteiger partial charge in [0.1, 0.15) is 5.69 Å². The van der Waals surface area contributed by atoms with E-state index in [1.807, 2.05) is 4.90 Å². The molecule has 2 N–H and O–H groups in total. The summed E-state index contributed by atoms with van der Waals surface area (Å²) in [6.07, 6.45) is 0.864. The number of carbonyl (C=O) groups is 1. The Morgan fingerprint density at radius 2 is 2.22 bits per heavy atom. The van der Waals surface area contributed by atoms with E-state index in [4.69, 9.17) is 5.73 Å². The number of rotatable bonds is 1. The van der Waals surface area contributed by atoms with Crippen molar-refractivity contribution in [3.05, 3.63) is 16.6 Å². The highest BCUT2D eigenvalue weighted by Crippen LogP contribution is 2.28. The highest BCUT2D eigenvalue weighted by atomic mass is 35.5. The Bertz CT molecular complexity index is 384. The number of aromatic nitrogens is 1. The number of piperidine rings is 1. The zero-order valence-corrected chi connectivity index (χ0v) is 12.9. The van der Waals surface area contributed by atoms with E-state index in [9.17, 15) is 4.79 Å². The van der Waals surface area contributed by atoms with Gasteiger partial charge in [0.2, 0.25) is 0 Å². The largest absolute Gasteiger partial charge is 0.337 e. The molecular weight excluding hydrogens is 293 g/mol. The van der Waals surface area contributed by atoms with Crippen molar-refractivity contribution in [2.45, 2.75) is 26.3 Å². The third kappa shape index (κ3) is 3.57. The van der Waals surface area contributed by atoms with Gasteiger partial charge in [0.25, 0.3) is 5.91 Å². The lowest BCUT2D eigenvalue weighted by molar-refractivity contribution is 0.0528. The van der Waals surface area contributed by atoms with Gasteiger partial charge in [-0.2, -0.15) is 0 Å². The smallest absolute Gasteiger partial charge is 0.273 e. The summed E-state index contributed by atoms with van der Waals surface area (Å²) in [5.74, 6) is 0.0289. The summed E-state index contributed by atoms with van der Waals surface area (Å²) in [6, 6.07) is 0.173. The molecular formula is C11H19Cl2N3OS. The van der Waals surface area contributed by atoms with Gasteiger partial charge in [0.05, 0.1) is 5.51 Å². The first-order chi connectivity index (χ1) is 7.50. The monoisotopic (exact) mass is 311 g/mol. The van der Waals surface area contributed by atoms with Crippen LogP contribution in [0.3, 0.4) is 0 Å². The number of likely N-dealkylation sites (tertiary alicyclic amines) is 1. The highest BCUT2D eigenvalue weighted by Gasteiger charge is 2.35. The minimum absolute atomic E-state index is 0. The summed E-state index contributed by atoms with van der Waals surface area (Å²) in [7, 11) is 0. The number of amides is 1. The van der Waals surface area contributed by atoms with Gasteiger partial charge in [-0.05, 0) is 11.8 Å². The third-order valence-corrected chi connectivity index (χ3v) is 3.84. The van der Waals surface area contributed by atoms with E-state index in [0.717, 1.165) is 13.0 Å². The first-order valence-corrected chi connectivity index (χ1v) is 6.38. The second kappa shape index (κ2) is 6.70. The molecule has 0 aromatic carbocycles. The zero-order chi connectivity index (χ0) is 11.8. The first-order valence-electron chi connectivity index (χ1n) is 5.44. The number of carbonyl (C=O) groups excluding carboxylic acids is 1.